The molecule has 0 saturated heterocycles. The van der Waals surface area contributed by atoms with Crippen LogP contribution in [0.5, 0.6) is 11.5 Å². The third-order valence-corrected chi connectivity index (χ3v) is 3.09. The number of nitrogens with zero attached hydrogens (tertiary/aromatic N) is 3. The van der Waals surface area contributed by atoms with Crippen LogP contribution in [0.1, 0.15) is 0 Å². The Morgan fingerprint density at radius 1 is 1.14 bits per heavy atom. The first-order chi connectivity index (χ1) is 10.0. The number of aromatic nitrogens is 3. The summed E-state index contributed by atoms with van der Waals surface area (Å²) in [5.41, 5.74) is 7.52. The monoisotopic (exact) mass is 290 g/mol. The van der Waals surface area contributed by atoms with Gasteiger partial charge in [0.15, 0.2) is 17.1 Å². The summed E-state index contributed by atoms with van der Waals surface area (Å²) in [5.74, 6) is 0.115. The number of hydrogen-bond acceptors (Lipinski definition) is 5. The molecular formula is C13H8F2N4O2. The Bertz CT molecular complexity index is 862. The summed E-state index contributed by atoms with van der Waals surface area (Å²) in [5, 5.41) is 0. The number of imidazole rings is 1. The number of benzene rings is 1. The number of halogens is 2. The van der Waals surface area contributed by atoms with E-state index in [9.17, 15) is 8.78 Å². The molecule has 1 aliphatic heterocycles. The van der Waals surface area contributed by atoms with Crippen LogP contribution in [0, 0.1) is 0 Å². The quantitative estimate of drug-likeness (QED) is 0.744. The van der Waals surface area contributed by atoms with Crippen LogP contribution < -0.4 is 15.2 Å². The van der Waals surface area contributed by atoms with E-state index in [0.717, 1.165) is 0 Å². The van der Waals surface area contributed by atoms with Gasteiger partial charge in [0.05, 0.1) is 5.69 Å². The minimum atomic E-state index is -3.65. The molecule has 0 bridgehead atoms. The average molecular weight is 290 g/mol. The van der Waals surface area contributed by atoms with Crippen molar-refractivity contribution in [3.8, 4) is 17.2 Å². The van der Waals surface area contributed by atoms with Gasteiger partial charge >= 0.3 is 6.29 Å². The van der Waals surface area contributed by atoms with Crippen LogP contribution in [0.25, 0.3) is 16.9 Å². The Hall–Kier alpha value is -2.90. The summed E-state index contributed by atoms with van der Waals surface area (Å²) >= 11 is 0. The third kappa shape index (κ3) is 1.76. The minimum Gasteiger partial charge on any atom is -0.395 e. The van der Waals surface area contributed by atoms with Crippen LogP contribution in [0.15, 0.2) is 36.5 Å². The highest BCUT2D eigenvalue weighted by atomic mass is 19.3. The fourth-order valence-electron chi connectivity index (χ4n) is 2.26. The van der Waals surface area contributed by atoms with Crippen LogP contribution in [-0.2, 0) is 0 Å². The number of rotatable bonds is 1. The summed E-state index contributed by atoms with van der Waals surface area (Å²) in [7, 11) is 0. The van der Waals surface area contributed by atoms with Gasteiger partial charge in [0, 0.05) is 12.3 Å². The van der Waals surface area contributed by atoms with Gasteiger partial charge in [0.2, 0.25) is 5.95 Å². The second-order valence-corrected chi connectivity index (χ2v) is 4.45. The van der Waals surface area contributed by atoms with E-state index in [4.69, 9.17) is 5.73 Å². The maximum absolute atomic E-state index is 13.0. The van der Waals surface area contributed by atoms with Crippen LogP contribution in [0.4, 0.5) is 14.7 Å². The molecule has 0 spiro atoms. The van der Waals surface area contributed by atoms with E-state index in [1.165, 1.54) is 12.1 Å². The first-order valence-electron chi connectivity index (χ1n) is 6.03. The molecule has 0 atom stereocenters. The Labute approximate surface area is 116 Å². The highest BCUT2D eigenvalue weighted by molar-refractivity contribution is 5.77. The SMILES string of the molecule is Nc1nc2cccnc2n1-c1ccc2c(c1)OC(F)(F)O2. The number of nitrogens with two attached hydrogens (primary N) is 1. The number of fused-ring (bicyclic) bond motifs is 2. The van der Waals surface area contributed by atoms with Crippen molar-refractivity contribution in [1.29, 1.82) is 0 Å². The lowest BCUT2D eigenvalue weighted by Crippen LogP contribution is -2.25. The molecule has 3 aromatic rings. The van der Waals surface area contributed by atoms with E-state index < -0.39 is 6.29 Å². The molecule has 0 fully saturated rings. The Morgan fingerprint density at radius 2 is 1.95 bits per heavy atom. The van der Waals surface area contributed by atoms with Gasteiger partial charge in [-0.05, 0) is 24.3 Å². The lowest BCUT2D eigenvalue weighted by molar-refractivity contribution is -0.286. The highest BCUT2D eigenvalue weighted by Crippen LogP contribution is 2.42. The number of pyridine rings is 1. The van der Waals surface area contributed by atoms with Gasteiger partial charge in [-0.1, -0.05) is 0 Å². The van der Waals surface area contributed by atoms with Crippen molar-refractivity contribution in [3.05, 3.63) is 36.5 Å². The zero-order chi connectivity index (χ0) is 14.6. The molecule has 1 aromatic carbocycles. The number of alkyl halides is 2. The van der Waals surface area contributed by atoms with Gasteiger partial charge in [-0.15, -0.1) is 8.78 Å². The Balaban J connectivity index is 1.89. The van der Waals surface area contributed by atoms with E-state index in [0.29, 0.717) is 16.9 Å². The molecule has 0 radical (unpaired) electrons. The first kappa shape index (κ1) is 11.9. The Morgan fingerprint density at radius 3 is 2.81 bits per heavy atom. The summed E-state index contributed by atoms with van der Waals surface area (Å²) in [6.07, 6.45) is -2.05. The van der Waals surface area contributed by atoms with Gasteiger partial charge in [-0.25, -0.2) is 9.97 Å². The summed E-state index contributed by atoms with van der Waals surface area (Å²) in [4.78, 5) is 8.37. The topological polar surface area (TPSA) is 75.2 Å². The molecule has 21 heavy (non-hydrogen) atoms. The fourth-order valence-corrected chi connectivity index (χ4v) is 2.26. The maximum Gasteiger partial charge on any atom is 0.586 e. The maximum atomic E-state index is 13.0. The summed E-state index contributed by atoms with van der Waals surface area (Å²) < 4.78 is 36.4. The van der Waals surface area contributed by atoms with Gasteiger partial charge in [-0.3, -0.25) is 4.57 Å². The molecule has 0 aliphatic carbocycles. The zero-order valence-corrected chi connectivity index (χ0v) is 10.5. The average Bonchev–Trinajstić information content (AvgIpc) is 2.91. The van der Waals surface area contributed by atoms with E-state index in [2.05, 4.69) is 19.4 Å². The second kappa shape index (κ2) is 3.81. The van der Waals surface area contributed by atoms with Crippen molar-refractivity contribution in [2.24, 2.45) is 0 Å². The molecule has 8 heteroatoms. The van der Waals surface area contributed by atoms with Gasteiger partial charge < -0.3 is 15.2 Å². The second-order valence-electron chi connectivity index (χ2n) is 4.45. The zero-order valence-electron chi connectivity index (χ0n) is 10.5. The normalized spacial score (nSPS) is 15.5. The minimum absolute atomic E-state index is 0.0281. The standard InChI is InChI=1S/C13H8F2N4O2/c14-13(15)20-9-4-3-7(6-10(9)21-13)19-11-8(18-12(19)16)2-1-5-17-11/h1-6H,(H2,16,18). The van der Waals surface area contributed by atoms with Crippen molar-refractivity contribution in [2.75, 3.05) is 5.73 Å². The van der Waals surface area contributed by atoms with E-state index in [1.54, 1.807) is 29.0 Å². The Kier molecular flexibility index (Phi) is 2.16. The molecule has 1 aliphatic rings. The van der Waals surface area contributed by atoms with E-state index in [-0.39, 0.29) is 17.4 Å². The van der Waals surface area contributed by atoms with Gasteiger partial charge in [0.1, 0.15) is 5.52 Å². The molecule has 106 valence electrons. The van der Waals surface area contributed by atoms with Crippen LogP contribution >= 0.6 is 0 Å². The number of hydrogen-bond donors (Lipinski definition) is 1. The van der Waals surface area contributed by atoms with Crippen molar-refractivity contribution in [1.82, 2.24) is 14.5 Å². The molecule has 2 aromatic heterocycles. The molecule has 0 saturated carbocycles. The van der Waals surface area contributed by atoms with Gasteiger partial charge in [-0.2, -0.15) is 0 Å². The lowest BCUT2D eigenvalue weighted by atomic mass is 10.2. The molecule has 3 heterocycles. The van der Waals surface area contributed by atoms with Crippen molar-refractivity contribution in [2.45, 2.75) is 6.29 Å². The van der Waals surface area contributed by atoms with Gasteiger partial charge in [0.25, 0.3) is 0 Å². The molecular weight excluding hydrogens is 282 g/mol. The molecule has 6 nitrogen and oxygen atoms in total. The molecule has 2 N–H and O–H groups in total. The van der Waals surface area contributed by atoms with E-state index >= 15 is 0 Å². The summed E-state index contributed by atoms with van der Waals surface area (Å²) in [6, 6.07) is 7.87. The first-order valence-corrected chi connectivity index (χ1v) is 6.03. The van der Waals surface area contributed by atoms with E-state index in [1.807, 2.05) is 0 Å². The van der Waals surface area contributed by atoms with Crippen LogP contribution in [0.3, 0.4) is 0 Å². The lowest BCUT2D eigenvalue weighted by Gasteiger charge is -2.06. The fraction of sp³-hybridized carbons (Fsp3) is 0.0769. The highest BCUT2D eigenvalue weighted by Gasteiger charge is 2.43. The van der Waals surface area contributed by atoms with Crippen molar-refractivity contribution < 1.29 is 18.3 Å². The number of nitrogen functional groups attached to an aromatic ring is 1. The van der Waals surface area contributed by atoms with Crippen molar-refractivity contribution >= 4 is 17.1 Å². The molecule has 4 rings (SSSR count). The molecule has 0 unspecified atom stereocenters. The smallest absolute Gasteiger partial charge is 0.395 e. The van der Waals surface area contributed by atoms with Crippen molar-refractivity contribution in [3.63, 3.8) is 0 Å². The van der Waals surface area contributed by atoms with Crippen LogP contribution in [0.2, 0.25) is 0 Å². The number of anilines is 1. The summed E-state index contributed by atoms with van der Waals surface area (Å²) in [6.45, 7) is 0. The predicted octanol–water partition coefficient (Wildman–Crippen LogP) is 2.32. The van der Waals surface area contributed by atoms with Crippen LogP contribution in [-0.4, -0.2) is 20.8 Å². The predicted molar refractivity (Wildman–Crippen MR) is 69.5 cm³/mol. The third-order valence-electron chi connectivity index (χ3n) is 3.09. The number of ether oxygens (including phenoxy) is 2. The largest absolute Gasteiger partial charge is 0.586 e. The molecule has 0 amide bonds.